The normalized spacial score (nSPS) is 17.5. The summed E-state index contributed by atoms with van der Waals surface area (Å²) in [5.41, 5.74) is 4.98. The van der Waals surface area contributed by atoms with Crippen LogP contribution in [0.25, 0.3) is 0 Å². The highest BCUT2D eigenvalue weighted by Gasteiger charge is 2.41. The molecule has 0 aromatic carbocycles. The van der Waals surface area contributed by atoms with Gasteiger partial charge >= 0.3 is 0 Å². The summed E-state index contributed by atoms with van der Waals surface area (Å²) in [7, 11) is 0. The van der Waals surface area contributed by atoms with Gasteiger partial charge in [-0.15, -0.1) is 0 Å². The molecule has 3 N–H and O–H groups in total. The summed E-state index contributed by atoms with van der Waals surface area (Å²) in [6.45, 7) is 8.75. The Morgan fingerprint density at radius 3 is 1.58 bits per heavy atom. The fourth-order valence-electron chi connectivity index (χ4n) is 1.77. The SMILES string of the molecule is CCC(C)(CN)C(O)(CC)CC. The van der Waals surface area contributed by atoms with Crippen molar-refractivity contribution in [3.8, 4) is 0 Å². The Labute approximate surface area is 76.2 Å². The third-order valence-corrected chi connectivity index (χ3v) is 3.52. The monoisotopic (exact) mass is 173 g/mol. The number of hydrogen-bond acceptors (Lipinski definition) is 2. The van der Waals surface area contributed by atoms with Gasteiger partial charge in [-0.2, -0.15) is 0 Å². The first-order chi connectivity index (χ1) is 5.49. The lowest BCUT2D eigenvalue weighted by atomic mass is 9.68. The molecule has 12 heavy (non-hydrogen) atoms. The van der Waals surface area contributed by atoms with E-state index in [4.69, 9.17) is 5.73 Å². The Balaban J connectivity index is 4.66. The van der Waals surface area contributed by atoms with Gasteiger partial charge in [-0.1, -0.05) is 27.7 Å². The van der Waals surface area contributed by atoms with Crippen LogP contribution in [0.4, 0.5) is 0 Å². The average molecular weight is 173 g/mol. The molecule has 0 heterocycles. The molecular formula is C10H23NO. The summed E-state index contributed by atoms with van der Waals surface area (Å²) >= 11 is 0. The minimum atomic E-state index is -0.587. The first-order valence-electron chi connectivity index (χ1n) is 4.92. The van der Waals surface area contributed by atoms with Gasteiger partial charge in [0.2, 0.25) is 0 Å². The van der Waals surface area contributed by atoms with E-state index in [9.17, 15) is 5.11 Å². The topological polar surface area (TPSA) is 46.2 Å². The summed E-state index contributed by atoms with van der Waals surface area (Å²) in [6, 6.07) is 0. The van der Waals surface area contributed by atoms with Crippen molar-refractivity contribution >= 4 is 0 Å². The largest absolute Gasteiger partial charge is 0.389 e. The van der Waals surface area contributed by atoms with Gasteiger partial charge in [-0.05, 0) is 19.3 Å². The van der Waals surface area contributed by atoms with Crippen molar-refractivity contribution in [3.63, 3.8) is 0 Å². The van der Waals surface area contributed by atoms with E-state index in [0.29, 0.717) is 6.54 Å². The lowest BCUT2D eigenvalue weighted by Gasteiger charge is -2.43. The van der Waals surface area contributed by atoms with Crippen LogP contribution in [0.3, 0.4) is 0 Å². The van der Waals surface area contributed by atoms with Crippen molar-refractivity contribution in [2.24, 2.45) is 11.1 Å². The second kappa shape index (κ2) is 4.24. The maximum atomic E-state index is 10.3. The van der Waals surface area contributed by atoms with Crippen molar-refractivity contribution in [1.82, 2.24) is 0 Å². The zero-order chi connectivity index (χ0) is 9.83. The minimum absolute atomic E-state index is 0.128. The maximum absolute atomic E-state index is 10.3. The molecule has 0 spiro atoms. The summed E-state index contributed by atoms with van der Waals surface area (Å²) in [5, 5.41) is 10.3. The smallest absolute Gasteiger partial charge is 0.0707 e. The number of hydrogen-bond donors (Lipinski definition) is 2. The van der Waals surface area contributed by atoms with Crippen LogP contribution < -0.4 is 5.73 Å². The molecule has 0 saturated carbocycles. The summed E-state index contributed by atoms with van der Waals surface area (Å²) in [5.74, 6) is 0. The molecule has 0 rings (SSSR count). The third-order valence-electron chi connectivity index (χ3n) is 3.52. The van der Waals surface area contributed by atoms with Gasteiger partial charge in [0, 0.05) is 12.0 Å². The minimum Gasteiger partial charge on any atom is -0.389 e. The van der Waals surface area contributed by atoms with Crippen LogP contribution in [0.5, 0.6) is 0 Å². The van der Waals surface area contributed by atoms with Gasteiger partial charge in [-0.25, -0.2) is 0 Å². The van der Waals surface area contributed by atoms with E-state index in [1.165, 1.54) is 0 Å². The van der Waals surface area contributed by atoms with Gasteiger partial charge in [-0.3, -0.25) is 0 Å². The quantitative estimate of drug-likeness (QED) is 0.667. The van der Waals surface area contributed by atoms with Gasteiger partial charge in [0.25, 0.3) is 0 Å². The first kappa shape index (κ1) is 11.9. The van der Waals surface area contributed by atoms with Crippen molar-refractivity contribution in [2.75, 3.05) is 6.54 Å². The van der Waals surface area contributed by atoms with Crippen molar-refractivity contribution in [3.05, 3.63) is 0 Å². The molecule has 0 saturated heterocycles. The van der Waals surface area contributed by atoms with Gasteiger partial charge in [0.1, 0.15) is 0 Å². The lowest BCUT2D eigenvalue weighted by molar-refractivity contribution is -0.0796. The number of nitrogens with two attached hydrogens (primary N) is 1. The lowest BCUT2D eigenvalue weighted by Crippen LogP contribution is -2.49. The summed E-state index contributed by atoms with van der Waals surface area (Å²) < 4.78 is 0. The van der Waals surface area contributed by atoms with Crippen LogP contribution in [-0.4, -0.2) is 17.3 Å². The van der Waals surface area contributed by atoms with Crippen LogP contribution in [0, 0.1) is 5.41 Å². The second-order valence-corrected chi connectivity index (χ2v) is 3.86. The molecule has 0 aromatic heterocycles. The van der Waals surface area contributed by atoms with E-state index < -0.39 is 5.60 Å². The van der Waals surface area contributed by atoms with E-state index in [1.807, 2.05) is 13.8 Å². The molecule has 0 aliphatic heterocycles. The van der Waals surface area contributed by atoms with E-state index in [0.717, 1.165) is 19.3 Å². The van der Waals surface area contributed by atoms with Crippen LogP contribution in [-0.2, 0) is 0 Å². The van der Waals surface area contributed by atoms with E-state index in [1.54, 1.807) is 0 Å². The zero-order valence-electron chi connectivity index (χ0n) is 8.85. The Kier molecular flexibility index (Phi) is 4.21. The van der Waals surface area contributed by atoms with Gasteiger partial charge in [0.15, 0.2) is 0 Å². The van der Waals surface area contributed by atoms with Crippen LogP contribution in [0.15, 0.2) is 0 Å². The zero-order valence-corrected chi connectivity index (χ0v) is 8.85. The second-order valence-electron chi connectivity index (χ2n) is 3.86. The molecule has 2 nitrogen and oxygen atoms in total. The first-order valence-corrected chi connectivity index (χ1v) is 4.92. The third kappa shape index (κ3) is 1.80. The van der Waals surface area contributed by atoms with Crippen molar-refractivity contribution in [2.45, 2.75) is 52.6 Å². The Morgan fingerprint density at radius 2 is 1.50 bits per heavy atom. The summed E-state index contributed by atoms with van der Waals surface area (Å²) in [6.07, 6.45) is 2.50. The Bertz CT molecular complexity index is 110. The highest BCUT2D eigenvalue weighted by Crippen LogP contribution is 2.38. The molecule has 74 valence electrons. The maximum Gasteiger partial charge on any atom is 0.0707 e. The standard InChI is InChI=1S/C10H23NO/c1-5-9(4,8-11)10(12,6-2)7-3/h12H,5-8,11H2,1-4H3. The molecule has 0 aromatic rings. The molecule has 0 aliphatic rings. The fourth-order valence-corrected chi connectivity index (χ4v) is 1.77. The van der Waals surface area contributed by atoms with Crippen LogP contribution in [0.1, 0.15) is 47.0 Å². The van der Waals surface area contributed by atoms with Gasteiger partial charge in [0.05, 0.1) is 5.60 Å². The van der Waals surface area contributed by atoms with E-state index in [2.05, 4.69) is 13.8 Å². The highest BCUT2D eigenvalue weighted by molar-refractivity contribution is 4.94. The number of rotatable bonds is 5. The predicted octanol–water partition coefficient (Wildman–Crippen LogP) is 1.91. The molecule has 0 fully saturated rings. The van der Waals surface area contributed by atoms with Crippen LogP contribution in [0.2, 0.25) is 0 Å². The average Bonchev–Trinajstić information content (AvgIpc) is 2.15. The molecule has 1 unspecified atom stereocenters. The fraction of sp³-hybridized carbons (Fsp3) is 1.00. The predicted molar refractivity (Wildman–Crippen MR) is 53.0 cm³/mol. The molecule has 0 bridgehead atoms. The van der Waals surface area contributed by atoms with E-state index in [-0.39, 0.29) is 5.41 Å². The Morgan fingerprint density at radius 1 is 1.08 bits per heavy atom. The van der Waals surface area contributed by atoms with Crippen molar-refractivity contribution in [1.29, 1.82) is 0 Å². The molecule has 0 amide bonds. The molecular weight excluding hydrogens is 150 g/mol. The van der Waals surface area contributed by atoms with Gasteiger partial charge < -0.3 is 10.8 Å². The highest BCUT2D eigenvalue weighted by atomic mass is 16.3. The van der Waals surface area contributed by atoms with Crippen molar-refractivity contribution < 1.29 is 5.11 Å². The molecule has 0 radical (unpaired) electrons. The number of aliphatic hydroxyl groups is 1. The van der Waals surface area contributed by atoms with Crippen LogP contribution >= 0.6 is 0 Å². The molecule has 1 atom stereocenters. The van der Waals surface area contributed by atoms with E-state index >= 15 is 0 Å². The molecule has 0 aliphatic carbocycles. The summed E-state index contributed by atoms with van der Waals surface area (Å²) in [4.78, 5) is 0. The Hall–Kier alpha value is -0.0800. The molecule has 2 heteroatoms.